The third kappa shape index (κ3) is 4.91. The van der Waals surface area contributed by atoms with Crippen LogP contribution in [0.2, 0.25) is 0 Å². The molecular formula is C20H26N4O2S. The van der Waals surface area contributed by atoms with Crippen molar-refractivity contribution in [3.63, 3.8) is 0 Å². The zero-order valence-corrected chi connectivity index (χ0v) is 16.9. The van der Waals surface area contributed by atoms with Crippen LogP contribution in [0.25, 0.3) is 0 Å². The molecule has 1 aromatic carbocycles. The number of aryl methyl sites for hydroxylation is 3. The highest BCUT2D eigenvalue weighted by Crippen LogP contribution is 2.27. The molecule has 0 spiro atoms. The molecule has 7 heteroatoms. The van der Waals surface area contributed by atoms with Gasteiger partial charge in [0.15, 0.2) is 0 Å². The van der Waals surface area contributed by atoms with Crippen molar-refractivity contribution in [2.45, 2.75) is 44.8 Å². The molecule has 3 rings (SSSR count). The van der Waals surface area contributed by atoms with Crippen molar-refractivity contribution in [2.75, 3.05) is 16.4 Å². The van der Waals surface area contributed by atoms with E-state index < -0.39 is 0 Å². The average Bonchev–Trinajstić information content (AvgIpc) is 2.97. The van der Waals surface area contributed by atoms with E-state index in [9.17, 15) is 9.59 Å². The molecule has 0 radical (unpaired) electrons. The van der Waals surface area contributed by atoms with Gasteiger partial charge in [-0.05, 0) is 51.7 Å². The van der Waals surface area contributed by atoms with Gasteiger partial charge in [0.2, 0.25) is 11.8 Å². The van der Waals surface area contributed by atoms with Gasteiger partial charge < -0.3 is 10.6 Å². The number of nitrogens with zero attached hydrogens (tertiary/aromatic N) is 2. The van der Waals surface area contributed by atoms with Crippen LogP contribution in [0.1, 0.15) is 36.6 Å². The number of rotatable bonds is 6. The van der Waals surface area contributed by atoms with Gasteiger partial charge in [-0.2, -0.15) is 5.10 Å². The Balaban J connectivity index is 1.51. The van der Waals surface area contributed by atoms with Gasteiger partial charge in [0.05, 0.1) is 16.7 Å². The lowest BCUT2D eigenvalue weighted by atomic mass is 9.97. The van der Waals surface area contributed by atoms with Crippen LogP contribution < -0.4 is 10.6 Å². The first-order chi connectivity index (χ1) is 12.9. The molecule has 2 aromatic rings. The predicted molar refractivity (Wildman–Crippen MR) is 110 cm³/mol. The molecule has 0 saturated heterocycles. The normalized spacial score (nSPS) is 14.3. The van der Waals surface area contributed by atoms with E-state index >= 15 is 0 Å². The SMILES string of the molecule is Cc1ccc(NC(=O)CSC(C)C(=O)Nc2c3c(nn2C)CCCC3)cc1. The lowest BCUT2D eigenvalue weighted by Crippen LogP contribution is -2.26. The van der Waals surface area contributed by atoms with Gasteiger partial charge in [0.1, 0.15) is 5.82 Å². The molecule has 1 unspecified atom stereocenters. The first-order valence-corrected chi connectivity index (χ1v) is 10.3. The Kier molecular flexibility index (Phi) is 6.21. The minimum absolute atomic E-state index is 0.0977. The number of aromatic nitrogens is 2. The molecule has 6 nitrogen and oxygen atoms in total. The molecule has 0 saturated carbocycles. The highest BCUT2D eigenvalue weighted by Gasteiger charge is 2.23. The molecule has 1 heterocycles. The van der Waals surface area contributed by atoms with Gasteiger partial charge in [0, 0.05) is 18.3 Å². The van der Waals surface area contributed by atoms with Gasteiger partial charge in [-0.1, -0.05) is 17.7 Å². The summed E-state index contributed by atoms with van der Waals surface area (Å²) in [5.74, 6) is 0.818. The number of carbonyl (C=O) groups is 2. The van der Waals surface area contributed by atoms with Gasteiger partial charge in [-0.25, -0.2) is 0 Å². The molecule has 0 fully saturated rings. The summed E-state index contributed by atoms with van der Waals surface area (Å²) < 4.78 is 1.76. The van der Waals surface area contributed by atoms with Crippen LogP contribution in [0.5, 0.6) is 0 Å². The monoisotopic (exact) mass is 386 g/mol. The van der Waals surface area contributed by atoms with E-state index in [-0.39, 0.29) is 22.8 Å². The van der Waals surface area contributed by atoms with E-state index in [2.05, 4.69) is 15.7 Å². The predicted octanol–water partition coefficient (Wildman–Crippen LogP) is 3.31. The summed E-state index contributed by atoms with van der Waals surface area (Å²) >= 11 is 1.33. The topological polar surface area (TPSA) is 76.0 Å². The molecular weight excluding hydrogens is 360 g/mol. The van der Waals surface area contributed by atoms with E-state index in [0.29, 0.717) is 0 Å². The smallest absolute Gasteiger partial charge is 0.238 e. The Labute approximate surface area is 164 Å². The second kappa shape index (κ2) is 8.61. The molecule has 144 valence electrons. The minimum atomic E-state index is -0.331. The second-order valence-corrected chi connectivity index (χ2v) is 8.29. The number of thioether (sulfide) groups is 1. The molecule has 2 N–H and O–H groups in total. The molecule has 0 aliphatic heterocycles. The number of anilines is 2. The Morgan fingerprint density at radius 3 is 2.63 bits per heavy atom. The summed E-state index contributed by atoms with van der Waals surface area (Å²) in [5, 5.41) is 10.1. The van der Waals surface area contributed by atoms with Crippen LogP contribution in [0, 0.1) is 6.92 Å². The maximum atomic E-state index is 12.6. The van der Waals surface area contributed by atoms with E-state index in [0.717, 1.165) is 54.0 Å². The van der Waals surface area contributed by atoms with E-state index in [1.165, 1.54) is 11.8 Å². The number of amides is 2. The minimum Gasteiger partial charge on any atom is -0.325 e. The third-order valence-corrected chi connectivity index (χ3v) is 5.87. The number of benzene rings is 1. The average molecular weight is 387 g/mol. The van der Waals surface area contributed by atoms with E-state index in [1.807, 2.05) is 45.2 Å². The fraction of sp³-hybridized carbons (Fsp3) is 0.450. The fourth-order valence-electron chi connectivity index (χ4n) is 3.17. The number of hydrogen-bond acceptors (Lipinski definition) is 4. The van der Waals surface area contributed by atoms with Gasteiger partial charge >= 0.3 is 0 Å². The Morgan fingerprint density at radius 1 is 1.19 bits per heavy atom. The van der Waals surface area contributed by atoms with Crippen molar-refractivity contribution in [3.8, 4) is 0 Å². The number of fused-ring (bicyclic) bond motifs is 1. The highest BCUT2D eigenvalue weighted by molar-refractivity contribution is 8.01. The maximum absolute atomic E-state index is 12.6. The maximum Gasteiger partial charge on any atom is 0.238 e. The molecule has 1 aliphatic carbocycles. The molecule has 1 aromatic heterocycles. The van der Waals surface area contributed by atoms with Crippen molar-refractivity contribution in [3.05, 3.63) is 41.1 Å². The lowest BCUT2D eigenvalue weighted by molar-refractivity contribution is -0.115. The van der Waals surface area contributed by atoms with Gasteiger partial charge in [-0.15, -0.1) is 11.8 Å². The number of nitrogens with one attached hydrogen (secondary N) is 2. The zero-order chi connectivity index (χ0) is 19.4. The molecule has 1 aliphatic rings. The second-order valence-electron chi connectivity index (χ2n) is 6.96. The molecule has 2 amide bonds. The summed E-state index contributed by atoms with van der Waals surface area (Å²) in [6.07, 6.45) is 4.21. The summed E-state index contributed by atoms with van der Waals surface area (Å²) in [7, 11) is 1.86. The van der Waals surface area contributed by atoms with Crippen LogP contribution in [0.4, 0.5) is 11.5 Å². The summed E-state index contributed by atoms with van der Waals surface area (Å²) in [5.41, 5.74) is 4.16. The van der Waals surface area contributed by atoms with Crippen molar-refractivity contribution in [1.29, 1.82) is 0 Å². The van der Waals surface area contributed by atoms with Crippen molar-refractivity contribution in [2.24, 2.45) is 7.05 Å². The highest BCUT2D eigenvalue weighted by atomic mass is 32.2. The zero-order valence-electron chi connectivity index (χ0n) is 16.0. The quantitative estimate of drug-likeness (QED) is 0.799. The molecule has 27 heavy (non-hydrogen) atoms. The van der Waals surface area contributed by atoms with Gasteiger partial charge in [-0.3, -0.25) is 14.3 Å². The van der Waals surface area contributed by atoms with Crippen molar-refractivity contribution in [1.82, 2.24) is 9.78 Å². The van der Waals surface area contributed by atoms with Crippen LogP contribution >= 0.6 is 11.8 Å². The molecule has 1 atom stereocenters. The Bertz CT molecular complexity index is 829. The van der Waals surface area contributed by atoms with Crippen molar-refractivity contribution < 1.29 is 9.59 Å². The first-order valence-electron chi connectivity index (χ1n) is 9.28. The van der Waals surface area contributed by atoms with Crippen LogP contribution in [-0.4, -0.2) is 32.6 Å². The standard InChI is InChI=1S/C20H26N4O2S/c1-13-8-10-15(11-9-13)21-18(25)12-27-14(2)20(26)22-19-16-6-4-5-7-17(16)23-24(19)3/h8-11,14H,4-7,12H2,1-3H3,(H,21,25)(H,22,26). The number of carbonyl (C=O) groups excluding carboxylic acids is 2. The Hall–Kier alpha value is -2.28. The van der Waals surface area contributed by atoms with Crippen molar-refractivity contribution >= 4 is 35.1 Å². The van der Waals surface area contributed by atoms with E-state index in [1.54, 1.807) is 4.68 Å². The Morgan fingerprint density at radius 2 is 1.89 bits per heavy atom. The van der Waals surface area contributed by atoms with Crippen LogP contribution in [0.3, 0.4) is 0 Å². The summed E-state index contributed by atoms with van der Waals surface area (Å²) in [6, 6.07) is 7.65. The lowest BCUT2D eigenvalue weighted by Gasteiger charge is -2.15. The third-order valence-electron chi connectivity index (χ3n) is 4.73. The van der Waals surface area contributed by atoms with Crippen LogP contribution in [-0.2, 0) is 29.5 Å². The van der Waals surface area contributed by atoms with E-state index in [4.69, 9.17) is 0 Å². The fourth-order valence-corrected chi connectivity index (χ4v) is 3.85. The summed E-state index contributed by atoms with van der Waals surface area (Å²) in [4.78, 5) is 24.7. The van der Waals surface area contributed by atoms with Crippen LogP contribution in [0.15, 0.2) is 24.3 Å². The summed E-state index contributed by atoms with van der Waals surface area (Å²) in [6.45, 7) is 3.82. The van der Waals surface area contributed by atoms with Gasteiger partial charge in [0.25, 0.3) is 0 Å². The first kappa shape index (κ1) is 19.5. The molecule has 0 bridgehead atoms. The number of hydrogen-bond donors (Lipinski definition) is 2. The largest absolute Gasteiger partial charge is 0.325 e.